The molecule has 1 atom stereocenters. The van der Waals surface area contributed by atoms with E-state index in [1.807, 2.05) is 67.5 Å². The molecule has 4 rings (SSSR count). The van der Waals surface area contributed by atoms with Crippen LogP contribution < -0.4 is 16.0 Å². The summed E-state index contributed by atoms with van der Waals surface area (Å²) in [5.74, 6) is -1.21. The fourth-order valence-electron chi connectivity index (χ4n) is 3.61. The first-order chi connectivity index (χ1) is 16.8. The van der Waals surface area contributed by atoms with Gasteiger partial charge in [-0.2, -0.15) is 0 Å². The highest BCUT2D eigenvalue weighted by Crippen LogP contribution is 2.36. The summed E-state index contributed by atoms with van der Waals surface area (Å²) in [6.45, 7) is 2.15. The second kappa shape index (κ2) is 12.0. The highest BCUT2D eigenvalue weighted by molar-refractivity contribution is 8.00. The Labute approximate surface area is 206 Å². The number of nitrogens with one attached hydrogen (secondary N) is 2. The van der Waals surface area contributed by atoms with E-state index >= 15 is 0 Å². The fourth-order valence-corrected chi connectivity index (χ4v) is 4.55. The summed E-state index contributed by atoms with van der Waals surface area (Å²) in [4.78, 5) is 25.9. The quantitative estimate of drug-likeness (QED) is 0.218. The lowest BCUT2D eigenvalue weighted by Gasteiger charge is -2.24. The van der Waals surface area contributed by atoms with Crippen LogP contribution in [0.4, 0.5) is 25.8 Å². The number of anilines is 3. The molecule has 9 heteroatoms. The number of rotatable bonds is 8. The van der Waals surface area contributed by atoms with Gasteiger partial charge in [-0.05, 0) is 48.9 Å². The smallest absolute Gasteiger partial charge is 0.204 e. The maximum atomic E-state index is 13.7. The van der Waals surface area contributed by atoms with Gasteiger partial charge in [0, 0.05) is 47.3 Å². The van der Waals surface area contributed by atoms with Crippen molar-refractivity contribution in [2.24, 2.45) is 5.73 Å². The van der Waals surface area contributed by atoms with Gasteiger partial charge in [0.15, 0.2) is 0 Å². The van der Waals surface area contributed by atoms with Crippen LogP contribution in [0.1, 0.15) is 12.5 Å². The van der Waals surface area contributed by atoms with Crippen molar-refractivity contribution in [3.63, 3.8) is 0 Å². The minimum atomic E-state index is -0.604. The Morgan fingerprint density at radius 3 is 2.46 bits per heavy atom. The molecule has 0 aliphatic heterocycles. The van der Waals surface area contributed by atoms with Crippen LogP contribution in [0.25, 0.3) is 10.9 Å². The molecule has 0 aliphatic rings. The van der Waals surface area contributed by atoms with Crippen LogP contribution in [0.5, 0.6) is 0 Å². The first-order valence-electron chi connectivity index (χ1n) is 10.7. The van der Waals surface area contributed by atoms with Crippen molar-refractivity contribution in [1.29, 1.82) is 0 Å². The summed E-state index contributed by atoms with van der Waals surface area (Å²) in [5.41, 5.74) is 8.40. The van der Waals surface area contributed by atoms with E-state index in [0.717, 1.165) is 45.2 Å². The molecule has 0 radical (unpaired) electrons. The Balaban J connectivity index is 0.00000108. The number of thioether (sulfide) groups is 1. The molecule has 0 fully saturated rings. The maximum absolute atomic E-state index is 13.7. The van der Waals surface area contributed by atoms with Gasteiger partial charge in [0.05, 0.1) is 16.6 Å². The Morgan fingerprint density at radius 2 is 1.77 bits per heavy atom. The Hall–Kier alpha value is -3.85. The number of halogens is 2. The summed E-state index contributed by atoms with van der Waals surface area (Å²) in [6, 6.07) is 17.4. The molecular weight excluding hydrogens is 470 g/mol. The van der Waals surface area contributed by atoms with Crippen molar-refractivity contribution in [3.05, 3.63) is 84.1 Å². The monoisotopic (exact) mass is 496 g/mol. The van der Waals surface area contributed by atoms with Gasteiger partial charge < -0.3 is 25.7 Å². The number of carbonyl (C=O) groups excluding carboxylic acids is 2. The van der Waals surface area contributed by atoms with Crippen LogP contribution in [-0.2, 0) is 16.1 Å². The van der Waals surface area contributed by atoms with Gasteiger partial charge in [0.25, 0.3) is 0 Å². The summed E-state index contributed by atoms with van der Waals surface area (Å²) in [6.07, 6.45) is 3.06. The number of primary amides is 1. The molecule has 0 saturated carbocycles. The van der Waals surface area contributed by atoms with Gasteiger partial charge in [0.1, 0.15) is 17.9 Å². The number of hydrogen-bond donors (Lipinski definition) is 3. The normalized spacial score (nSPS) is 11.3. The van der Waals surface area contributed by atoms with Crippen molar-refractivity contribution in [1.82, 2.24) is 4.98 Å². The molecule has 0 aliphatic carbocycles. The minimum Gasteiger partial charge on any atom is -0.372 e. The van der Waals surface area contributed by atoms with Gasteiger partial charge in [-0.25, -0.2) is 8.78 Å². The number of fused-ring (bicyclic) bond motifs is 1. The molecule has 1 heterocycles. The van der Waals surface area contributed by atoms with Crippen molar-refractivity contribution < 1.29 is 18.4 Å². The number of nitrogens with two attached hydrogens (primary N) is 1. The molecule has 4 N–H and O–H groups in total. The highest BCUT2D eigenvalue weighted by atomic mass is 32.2. The lowest BCUT2D eigenvalue weighted by Crippen LogP contribution is -2.18. The predicted octanol–water partition coefficient (Wildman–Crippen LogP) is 5.61. The van der Waals surface area contributed by atoms with Crippen LogP contribution in [-0.4, -0.2) is 30.0 Å². The predicted molar refractivity (Wildman–Crippen MR) is 138 cm³/mol. The van der Waals surface area contributed by atoms with Crippen LogP contribution in [0.2, 0.25) is 0 Å². The number of nitrogens with zero attached hydrogens (tertiary/aromatic N) is 1. The lowest BCUT2D eigenvalue weighted by atomic mass is 10.2. The van der Waals surface area contributed by atoms with Crippen molar-refractivity contribution in [2.45, 2.75) is 23.6 Å². The number of aldehydes is 1. The zero-order valence-electron chi connectivity index (χ0n) is 19.3. The van der Waals surface area contributed by atoms with E-state index in [0.29, 0.717) is 12.1 Å². The number of para-hydroxylation sites is 1. The third kappa shape index (κ3) is 6.83. The molecule has 1 amide bonds. The second-order valence-electron chi connectivity index (χ2n) is 7.78. The van der Waals surface area contributed by atoms with E-state index in [1.165, 1.54) is 23.9 Å². The van der Waals surface area contributed by atoms with E-state index in [9.17, 15) is 13.6 Å². The molecule has 4 aromatic rings. The van der Waals surface area contributed by atoms with Crippen LogP contribution in [0.15, 0.2) is 71.8 Å². The summed E-state index contributed by atoms with van der Waals surface area (Å²) < 4.78 is 27.3. The molecule has 1 aromatic heterocycles. The number of H-pyrrole nitrogens is 1. The van der Waals surface area contributed by atoms with Gasteiger partial charge in [0.2, 0.25) is 6.41 Å². The molecule has 0 spiro atoms. The molecule has 0 saturated heterocycles. The molecule has 6 nitrogen and oxygen atoms in total. The van der Waals surface area contributed by atoms with Crippen LogP contribution in [0, 0.1) is 11.6 Å². The van der Waals surface area contributed by atoms with Crippen molar-refractivity contribution in [2.75, 3.05) is 17.3 Å². The Bertz CT molecular complexity index is 1290. The van der Waals surface area contributed by atoms with E-state index in [-0.39, 0.29) is 11.7 Å². The molecule has 0 bridgehead atoms. The third-order valence-corrected chi connectivity index (χ3v) is 6.17. The largest absolute Gasteiger partial charge is 0.372 e. The number of aromatic amines is 1. The lowest BCUT2D eigenvalue weighted by molar-refractivity contribution is -0.107. The number of carbonyl (C=O) groups is 2. The van der Waals surface area contributed by atoms with Gasteiger partial charge in [-0.3, -0.25) is 4.79 Å². The first-order valence-corrected chi connectivity index (χ1v) is 11.6. The van der Waals surface area contributed by atoms with E-state index in [1.54, 1.807) is 0 Å². The standard InChI is InChI=1S/C25H23F2N3OS.CH3NO/c1-16(15-31)32-25-8-7-20(29-23-13-28-22-6-4-3-5-21(22)23)12-24(25)30(2)14-17-9-18(26)11-19(27)10-17;2-1-3/h3-13,15-16,28-29H,14H2,1-2H3;1H,(H2,2,3). The van der Waals surface area contributed by atoms with Crippen molar-refractivity contribution in [3.8, 4) is 0 Å². The third-order valence-electron chi connectivity index (χ3n) is 5.09. The van der Waals surface area contributed by atoms with E-state index < -0.39 is 11.6 Å². The SMILES string of the molecule is CC(C=O)Sc1ccc(Nc2c[nH]c3ccccc23)cc1N(C)Cc1cc(F)cc(F)c1.NC=O. The second-order valence-corrected chi connectivity index (χ2v) is 9.20. The van der Waals surface area contributed by atoms with Gasteiger partial charge in [-0.1, -0.05) is 18.2 Å². The molecule has 182 valence electrons. The Kier molecular flexibility index (Phi) is 8.86. The average molecular weight is 497 g/mol. The molecule has 1 unspecified atom stereocenters. The molecule has 3 aromatic carbocycles. The fraction of sp³-hybridized carbons (Fsp3) is 0.154. The maximum Gasteiger partial charge on any atom is 0.204 e. The van der Waals surface area contributed by atoms with Crippen LogP contribution in [0.3, 0.4) is 0 Å². The first kappa shape index (κ1) is 25.8. The van der Waals surface area contributed by atoms with E-state index in [4.69, 9.17) is 4.79 Å². The molecule has 35 heavy (non-hydrogen) atoms. The summed E-state index contributed by atoms with van der Waals surface area (Å²) >= 11 is 1.44. The number of benzene rings is 3. The van der Waals surface area contributed by atoms with Crippen LogP contribution >= 0.6 is 11.8 Å². The average Bonchev–Trinajstić information content (AvgIpc) is 3.22. The van der Waals surface area contributed by atoms with E-state index in [2.05, 4.69) is 16.0 Å². The topological polar surface area (TPSA) is 91.2 Å². The summed E-state index contributed by atoms with van der Waals surface area (Å²) in [5, 5.41) is 4.30. The number of aromatic nitrogens is 1. The van der Waals surface area contributed by atoms with Crippen molar-refractivity contribution >= 4 is 52.4 Å². The van der Waals surface area contributed by atoms with Gasteiger partial charge >= 0.3 is 0 Å². The summed E-state index contributed by atoms with van der Waals surface area (Å²) in [7, 11) is 1.86. The van der Waals surface area contributed by atoms with Gasteiger partial charge in [-0.15, -0.1) is 11.8 Å². The highest BCUT2D eigenvalue weighted by Gasteiger charge is 2.14. The Morgan fingerprint density at radius 1 is 1.09 bits per heavy atom. The molecular formula is C26H26F2N4O2S. The minimum absolute atomic E-state index is 0.221. The zero-order chi connectivity index (χ0) is 25.4. The number of hydrogen-bond acceptors (Lipinski definition) is 5. The zero-order valence-corrected chi connectivity index (χ0v) is 20.1. The number of amides is 1.